The number of carboxylic acid groups (broad SMARTS) is 1. The van der Waals surface area contributed by atoms with Crippen LogP contribution < -0.4 is 15.4 Å². The molecular formula is C13H14N2O5. The maximum Gasteiger partial charge on any atom is 0.339 e. The number of benzene rings is 1. The number of carboxylic acids is 1. The lowest BCUT2D eigenvalue weighted by molar-refractivity contribution is -0.122. The minimum Gasteiger partial charge on any atom is -0.483 e. The second-order valence-electron chi connectivity index (χ2n) is 3.64. The van der Waals surface area contributed by atoms with Gasteiger partial charge >= 0.3 is 12.0 Å². The molecule has 0 fully saturated rings. The molecule has 0 bridgehead atoms. The molecule has 7 heteroatoms. The van der Waals surface area contributed by atoms with Crippen LogP contribution in [0.3, 0.4) is 0 Å². The van der Waals surface area contributed by atoms with Gasteiger partial charge in [0.25, 0.3) is 5.91 Å². The van der Waals surface area contributed by atoms with Gasteiger partial charge in [0.15, 0.2) is 6.61 Å². The van der Waals surface area contributed by atoms with Crippen LogP contribution in [0.1, 0.15) is 10.4 Å². The van der Waals surface area contributed by atoms with E-state index in [1.165, 1.54) is 18.2 Å². The zero-order chi connectivity index (χ0) is 15.0. The van der Waals surface area contributed by atoms with E-state index in [0.29, 0.717) is 0 Å². The van der Waals surface area contributed by atoms with Crippen LogP contribution in [0.25, 0.3) is 0 Å². The van der Waals surface area contributed by atoms with Gasteiger partial charge in [0, 0.05) is 6.54 Å². The van der Waals surface area contributed by atoms with Crippen LogP contribution in [-0.2, 0) is 4.79 Å². The zero-order valence-electron chi connectivity index (χ0n) is 10.6. The van der Waals surface area contributed by atoms with Crippen LogP contribution in [0.2, 0.25) is 0 Å². The van der Waals surface area contributed by atoms with Crippen molar-refractivity contribution in [3.63, 3.8) is 0 Å². The first-order chi connectivity index (χ1) is 9.54. The predicted octanol–water partition coefficient (Wildman–Crippen LogP) is 0.775. The molecule has 0 saturated carbocycles. The summed E-state index contributed by atoms with van der Waals surface area (Å²) in [5.41, 5.74) is -0.0589. The number of amides is 3. The summed E-state index contributed by atoms with van der Waals surface area (Å²) in [5.74, 6) is -1.79. The average molecular weight is 278 g/mol. The van der Waals surface area contributed by atoms with Crippen molar-refractivity contribution in [3.8, 4) is 5.75 Å². The molecule has 106 valence electrons. The molecule has 7 nitrogen and oxygen atoms in total. The Morgan fingerprint density at radius 2 is 2.00 bits per heavy atom. The van der Waals surface area contributed by atoms with Gasteiger partial charge in [0.05, 0.1) is 0 Å². The van der Waals surface area contributed by atoms with Crippen molar-refractivity contribution in [1.82, 2.24) is 10.6 Å². The molecule has 0 aliphatic carbocycles. The standard InChI is InChI=1S/C13H14N2O5/c1-2-7-14-13(19)15-11(16)8-20-10-6-4-3-5-9(10)12(17)18/h2-6H,1,7-8H2,(H,17,18)(H2,14,15,16,19). The van der Waals surface area contributed by atoms with Gasteiger partial charge in [0.2, 0.25) is 0 Å². The molecule has 3 amide bonds. The first kappa shape index (κ1) is 15.2. The summed E-state index contributed by atoms with van der Waals surface area (Å²) in [5, 5.41) is 13.3. The molecule has 0 aliphatic heterocycles. The van der Waals surface area contributed by atoms with Crippen LogP contribution in [0, 0.1) is 0 Å². The summed E-state index contributed by atoms with van der Waals surface area (Å²) in [6, 6.07) is 5.22. The summed E-state index contributed by atoms with van der Waals surface area (Å²) < 4.78 is 5.07. The number of nitrogens with one attached hydrogen (secondary N) is 2. The minimum atomic E-state index is -1.16. The molecule has 0 heterocycles. The molecule has 0 atom stereocenters. The van der Waals surface area contributed by atoms with Crippen LogP contribution in [0.5, 0.6) is 5.75 Å². The van der Waals surface area contributed by atoms with E-state index in [4.69, 9.17) is 9.84 Å². The second-order valence-corrected chi connectivity index (χ2v) is 3.64. The first-order valence-electron chi connectivity index (χ1n) is 5.68. The molecule has 20 heavy (non-hydrogen) atoms. The van der Waals surface area contributed by atoms with E-state index in [1.807, 2.05) is 5.32 Å². The molecule has 0 aliphatic rings. The van der Waals surface area contributed by atoms with Crippen molar-refractivity contribution in [2.45, 2.75) is 0 Å². The molecular weight excluding hydrogens is 264 g/mol. The Morgan fingerprint density at radius 3 is 2.65 bits per heavy atom. The highest BCUT2D eigenvalue weighted by molar-refractivity contribution is 5.95. The van der Waals surface area contributed by atoms with Crippen molar-refractivity contribution < 1.29 is 24.2 Å². The summed E-state index contributed by atoms with van der Waals surface area (Å²) in [6.45, 7) is 3.16. The smallest absolute Gasteiger partial charge is 0.339 e. The molecule has 1 aromatic rings. The van der Waals surface area contributed by atoms with Crippen molar-refractivity contribution in [2.24, 2.45) is 0 Å². The Hall–Kier alpha value is -2.83. The van der Waals surface area contributed by atoms with Gasteiger partial charge in [-0.05, 0) is 12.1 Å². The zero-order valence-corrected chi connectivity index (χ0v) is 10.6. The number of hydrogen-bond acceptors (Lipinski definition) is 4. The summed E-state index contributed by atoms with van der Waals surface area (Å²) in [7, 11) is 0. The number of imide groups is 1. The molecule has 0 radical (unpaired) electrons. The molecule has 0 aromatic heterocycles. The summed E-state index contributed by atoms with van der Waals surface area (Å²) >= 11 is 0. The highest BCUT2D eigenvalue weighted by Gasteiger charge is 2.12. The molecule has 3 N–H and O–H groups in total. The molecule has 0 saturated heterocycles. The average Bonchev–Trinajstić information content (AvgIpc) is 2.43. The van der Waals surface area contributed by atoms with Gasteiger partial charge in [-0.15, -0.1) is 6.58 Å². The van der Waals surface area contributed by atoms with E-state index in [9.17, 15) is 14.4 Å². The van der Waals surface area contributed by atoms with Crippen molar-refractivity contribution in [3.05, 3.63) is 42.5 Å². The maximum absolute atomic E-state index is 11.4. The lowest BCUT2D eigenvalue weighted by Gasteiger charge is -2.09. The van der Waals surface area contributed by atoms with E-state index in [2.05, 4.69) is 11.9 Å². The van der Waals surface area contributed by atoms with E-state index in [0.717, 1.165) is 0 Å². The lowest BCUT2D eigenvalue weighted by Crippen LogP contribution is -2.41. The highest BCUT2D eigenvalue weighted by atomic mass is 16.5. The number of urea groups is 1. The van der Waals surface area contributed by atoms with Crippen molar-refractivity contribution in [1.29, 1.82) is 0 Å². The van der Waals surface area contributed by atoms with Gasteiger partial charge in [-0.1, -0.05) is 18.2 Å². The Morgan fingerprint density at radius 1 is 1.30 bits per heavy atom. The molecule has 0 spiro atoms. The van der Waals surface area contributed by atoms with Crippen LogP contribution in [0.4, 0.5) is 4.79 Å². The Bertz CT molecular complexity index is 527. The van der Waals surface area contributed by atoms with Gasteiger partial charge in [-0.25, -0.2) is 9.59 Å². The fourth-order valence-corrected chi connectivity index (χ4v) is 1.28. The number of ether oxygens (including phenoxy) is 1. The Labute approximate surface area is 115 Å². The summed E-state index contributed by atoms with van der Waals surface area (Å²) in [6.07, 6.45) is 1.46. The predicted molar refractivity (Wildman–Crippen MR) is 70.6 cm³/mol. The molecule has 0 unspecified atom stereocenters. The van der Waals surface area contributed by atoms with E-state index in [1.54, 1.807) is 12.1 Å². The lowest BCUT2D eigenvalue weighted by atomic mass is 10.2. The monoisotopic (exact) mass is 278 g/mol. The number of aromatic carboxylic acids is 1. The number of carbonyl (C=O) groups excluding carboxylic acids is 2. The highest BCUT2D eigenvalue weighted by Crippen LogP contribution is 2.17. The van der Waals surface area contributed by atoms with Crippen LogP contribution in [0.15, 0.2) is 36.9 Å². The van der Waals surface area contributed by atoms with E-state index in [-0.39, 0.29) is 17.9 Å². The van der Waals surface area contributed by atoms with Gasteiger partial charge in [-0.2, -0.15) is 0 Å². The third kappa shape index (κ3) is 4.81. The van der Waals surface area contributed by atoms with Gasteiger partial charge in [0.1, 0.15) is 11.3 Å². The topological polar surface area (TPSA) is 105 Å². The quantitative estimate of drug-likeness (QED) is 0.667. The first-order valence-corrected chi connectivity index (χ1v) is 5.68. The second kappa shape index (κ2) is 7.57. The number of rotatable bonds is 6. The van der Waals surface area contributed by atoms with Crippen molar-refractivity contribution in [2.75, 3.05) is 13.2 Å². The molecule has 1 aromatic carbocycles. The van der Waals surface area contributed by atoms with Gasteiger partial charge < -0.3 is 15.2 Å². The third-order valence-corrected chi connectivity index (χ3v) is 2.14. The van der Waals surface area contributed by atoms with E-state index >= 15 is 0 Å². The van der Waals surface area contributed by atoms with Crippen molar-refractivity contribution >= 4 is 17.9 Å². The fourth-order valence-electron chi connectivity index (χ4n) is 1.28. The molecule has 1 rings (SSSR count). The SMILES string of the molecule is C=CCNC(=O)NC(=O)COc1ccccc1C(=O)O. The largest absolute Gasteiger partial charge is 0.483 e. The Balaban J connectivity index is 2.51. The number of carbonyl (C=O) groups is 3. The number of hydrogen-bond donors (Lipinski definition) is 3. The summed E-state index contributed by atoms with van der Waals surface area (Å²) in [4.78, 5) is 33.5. The Kier molecular flexibility index (Phi) is 5.76. The van der Waals surface area contributed by atoms with Crippen LogP contribution in [-0.4, -0.2) is 36.2 Å². The number of para-hydroxylation sites is 1. The minimum absolute atomic E-state index is 0.0571. The van der Waals surface area contributed by atoms with Gasteiger partial charge in [-0.3, -0.25) is 10.1 Å². The van der Waals surface area contributed by atoms with E-state index < -0.39 is 24.5 Å². The van der Waals surface area contributed by atoms with Crippen LogP contribution >= 0.6 is 0 Å². The normalized spacial score (nSPS) is 9.40. The maximum atomic E-state index is 11.4. The fraction of sp³-hybridized carbons (Fsp3) is 0.154. The third-order valence-electron chi connectivity index (χ3n) is 2.14.